The fourth-order valence-corrected chi connectivity index (χ4v) is 5.82. The molecule has 0 spiro atoms. The van der Waals surface area contributed by atoms with Crippen LogP contribution in [0.25, 0.3) is 0 Å². The zero-order valence-corrected chi connectivity index (χ0v) is 15.2. The van der Waals surface area contributed by atoms with Crippen LogP contribution in [0.2, 0.25) is 0 Å². The smallest absolute Gasteiger partial charge is 0.431 e. The van der Waals surface area contributed by atoms with E-state index in [1.54, 1.807) is 6.07 Å². The van der Waals surface area contributed by atoms with E-state index in [9.17, 15) is 9.67 Å². The Bertz CT molecular complexity index is 916. The van der Waals surface area contributed by atoms with Gasteiger partial charge in [-0.2, -0.15) is 0 Å². The van der Waals surface area contributed by atoms with Crippen molar-refractivity contribution in [2.75, 3.05) is 6.16 Å². The summed E-state index contributed by atoms with van der Waals surface area (Å²) in [7, 11) is -3.25. The van der Waals surface area contributed by atoms with E-state index >= 15 is 0 Å². The monoisotopic (exact) mass is 344 g/mol. The van der Waals surface area contributed by atoms with Crippen LogP contribution in [-0.4, -0.2) is 11.3 Å². The first kappa shape index (κ1) is 15.6. The van der Waals surface area contributed by atoms with Crippen LogP contribution in [-0.2, 0) is 11.0 Å². The predicted octanol–water partition coefficient (Wildman–Crippen LogP) is 4.99. The zero-order valence-electron chi connectivity index (χ0n) is 14.3. The largest absolute Gasteiger partial charge is 0.508 e. The first-order valence-corrected chi connectivity index (χ1v) is 10.0. The highest BCUT2D eigenvalue weighted by atomic mass is 31.2. The highest BCUT2D eigenvalue weighted by Gasteiger charge is 2.46. The fraction of sp³-hybridized carbons (Fsp3) is 0.368. The molecule has 24 heavy (non-hydrogen) atoms. The van der Waals surface area contributed by atoms with E-state index in [-0.39, 0.29) is 11.7 Å². The molecule has 2 bridgehead atoms. The molecule has 0 aliphatic carbocycles. The molecule has 0 saturated carbocycles. The summed E-state index contributed by atoms with van der Waals surface area (Å²) >= 11 is 0. The topological polar surface area (TPSA) is 55.8 Å². The normalized spacial score (nSPS) is 23.8. The molecule has 0 aromatic heterocycles. The van der Waals surface area contributed by atoms with E-state index in [4.69, 9.17) is 9.05 Å². The lowest BCUT2D eigenvalue weighted by molar-refractivity contribution is 0.353. The lowest BCUT2D eigenvalue weighted by atomic mass is 9.85. The van der Waals surface area contributed by atoms with Gasteiger partial charge in [0, 0.05) is 23.1 Å². The summed E-state index contributed by atoms with van der Waals surface area (Å²) in [6.45, 7) is 8.11. The minimum atomic E-state index is -3.25. The van der Waals surface area contributed by atoms with Crippen LogP contribution >= 0.6 is 7.60 Å². The van der Waals surface area contributed by atoms with Gasteiger partial charge in [-0.15, -0.1) is 0 Å². The van der Waals surface area contributed by atoms with Crippen LogP contribution in [0.5, 0.6) is 17.2 Å². The van der Waals surface area contributed by atoms with Gasteiger partial charge >= 0.3 is 7.60 Å². The second-order valence-corrected chi connectivity index (χ2v) is 8.73. The third kappa shape index (κ3) is 2.09. The van der Waals surface area contributed by atoms with Crippen LogP contribution in [0.3, 0.4) is 0 Å². The van der Waals surface area contributed by atoms with Crippen molar-refractivity contribution in [3.8, 4) is 17.2 Å². The number of hydrogen-bond donors (Lipinski definition) is 1. The SMILES string of the molecule is CCc1cc2c(cc1O)OP1(=O)CC2c2c(C)cc(C)c(C)c2O1. The maximum atomic E-state index is 13.1. The standard InChI is InChI=1S/C19H21O4P/c1-5-13-7-14-15-9-24(21,22-17(14)8-16(13)20)23-19-12(4)10(2)6-11(3)18(15)19/h6-8,15,20H,5,9H2,1-4H3. The number of hydrogen-bond acceptors (Lipinski definition) is 4. The molecule has 4 rings (SSSR count). The quantitative estimate of drug-likeness (QED) is 0.741. The lowest BCUT2D eigenvalue weighted by Gasteiger charge is -2.39. The molecule has 1 N–H and O–H groups in total. The van der Waals surface area contributed by atoms with Gasteiger partial charge in [0.15, 0.2) is 0 Å². The van der Waals surface area contributed by atoms with Crippen LogP contribution in [0.1, 0.15) is 46.2 Å². The number of fused-ring (bicyclic) bond motifs is 6. The van der Waals surface area contributed by atoms with Crippen molar-refractivity contribution < 1.29 is 18.7 Å². The van der Waals surface area contributed by atoms with Crippen molar-refractivity contribution in [3.63, 3.8) is 0 Å². The maximum Gasteiger partial charge on any atom is 0.431 e. The number of phenolic OH excluding ortho intramolecular Hbond substituents is 1. The Morgan fingerprint density at radius 1 is 1.17 bits per heavy atom. The van der Waals surface area contributed by atoms with Gasteiger partial charge in [0.05, 0.1) is 6.16 Å². The summed E-state index contributed by atoms with van der Waals surface area (Å²) < 4.78 is 24.7. The summed E-state index contributed by atoms with van der Waals surface area (Å²) in [5.41, 5.74) is 6.25. The van der Waals surface area contributed by atoms with Crippen LogP contribution in [0.4, 0.5) is 0 Å². The van der Waals surface area contributed by atoms with Gasteiger partial charge < -0.3 is 14.2 Å². The first-order valence-electron chi connectivity index (χ1n) is 8.27. The van der Waals surface area contributed by atoms with Crippen molar-refractivity contribution in [3.05, 3.63) is 51.6 Å². The summed E-state index contributed by atoms with van der Waals surface area (Å²) in [5.74, 6) is 1.35. The molecule has 0 fully saturated rings. The van der Waals surface area contributed by atoms with Gasteiger partial charge in [0.1, 0.15) is 17.2 Å². The van der Waals surface area contributed by atoms with Gasteiger partial charge in [0.25, 0.3) is 0 Å². The zero-order chi connectivity index (χ0) is 17.2. The first-order chi connectivity index (χ1) is 11.3. The molecule has 2 atom stereocenters. The molecule has 4 nitrogen and oxygen atoms in total. The Balaban J connectivity index is 2.02. The molecule has 5 heteroatoms. The van der Waals surface area contributed by atoms with E-state index in [1.807, 2.05) is 26.8 Å². The number of rotatable bonds is 1. The Morgan fingerprint density at radius 3 is 2.62 bits per heavy atom. The Hall–Kier alpha value is -1.93. The van der Waals surface area contributed by atoms with Crippen molar-refractivity contribution in [2.24, 2.45) is 0 Å². The maximum absolute atomic E-state index is 13.1. The summed E-state index contributed by atoms with van der Waals surface area (Å²) in [6.07, 6.45) is 1.09. The molecule has 126 valence electrons. The van der Waals surface area contributed by atoms with Crippen LogP contribution in [0.15, 0.2) is 18.2 Å². The third-order valence-corrected chi connectivity index (χ3v) is 6.97. The molecule has 2 unspecified atom stereocenters. The molecule has 0 saturated heterocycles. The molecule has 2 aromatic carbocycles. The number of aromatic hydroxyl groups is 1. The summed E-state index contributed by atoms with van der Waals surface area (Å²) in [5, 5.41) is 10.1. The molecule has 0 amide bonds. The number of benzene rings is 2. The molecule has 2 heterocycles. The molecular formula is C19H21O4P. The molecular weight excluding hydrogens is 323 g/mol. The Kier molecular flexibility index (Phi) is 3.27. The molecule has 2 aliphatic heterocycles. The minimum absolute atomic E-state index is 0.0199. The van der Waals surface area contributed by atoms with Gasteiger partial charge in [-0.3, -0.25) is 0 Å². The molecule has 0 radical (unpaired) electrons. The highest BCUT2D eigenvalue weighted by Crippen LogP contribution is 2.64. The van der Waals surface area contributed by atoms with Gasteiger partial charge in [-0.05, 0) is 55.5 Å². The Morgan fingerprint density at radius 2 is 1.92 bits per heavy atom. The minimum Gasteiger partial charge on any atom is -0.508 e. The van der Waals surface area contributed by atoms with Crippen molar-refractivity contribution in [1.29, 1.82) is 0 Å². The van der Waals surface area contributed by atoms with E-state index in [2.05, 4.69) is 13.0 Å². The lowest BCUT2D eigenvalue weighted by Crippen LogP contribution is -2.26. The highest BCUT2D eigenvalue weighted by molar-refractivity contribution is 7.55. The summed E-state index contributed by atoms with van der Waals surface area (Å²) in [4.78, 5) is 0. The van der Waals surface area contributed by atoms with E-state index < -0.39 is 7.60 Å². The summed E-state index contributed by atoms with van der Waals surface area (Å²) in [6, 6.07) is 5.73. The van der Waals surface area contributed by atoms with E-state index in [0.717, 1.165) is 39.8 Å². The van der Waals surface area contributed by atoms with Crippen molar-refractivity contribution in [1.82, 2.24) is 0 Å². The average molecular weight is 344 g/mol. The number of aryl methyl sites for hydroxylation is 3. The van der Waals surface area contributed by atoms with E-state index in [1.165, 1.54) is 0 Å². The van der Waals surface area contributed by atoms with Crippen molar-refractivity contribution in [2.45, 2.75) is 40.0 Å². The van der Waals surface area contributed by atoms with E-state index in [0.29, 0.717) is 17.7 Å². The van der Waals surface area contributed by atoms with Gasteiger partial charge in [-0.25, -0.2) is 4.57 Å². The second-order valence-electron chi connectivity index (χ2n) is 6.78. The number of phenols is 1. The fourth-order valence-electron chi connectivity index (χ4n) is 3.84. The molecule has 2 aromatic rings. The van der Waals surface area contributed by atoms with Gasteiger partial charge in [0.2, 0.25) is 0 Å². The van der Waals surface area contributed by atoms with Crippen LogP contribution < -0.4 is 9.05 Å². The third-order valence-electron chi connectivity index (χ3n) is 5.22. The van der Waals surface area contributed by atoms with Crippen LogP contribution in [0, 0.1) is 20.8 Å². The molecule has 2 aliphatic rings. The average Bonchev–Trinajstić information content (AvgIpc) is 2.51. The predicted molar refractivity (Wildman–Crippen MR) is 93.7 cm³/mol. The Labute approximate surface area is 142 Å². The van der Waals surface area contributed by atoms with Gasteiger partial charge in [-0.1, -0.05) is 13.0 Å². The second kappa shape index (κ2) is 5.03. The van der Waals surface area contributed by atoms with Crippen molar-refractivity contribution >= 4 is 7.60 Å².